The summed E-state index contributed by atoms with van der Waals surface area (Å²) >= 11 is 0. The summed E-state index contributed by atoms with van der Waals surface area (Å²) in [6.07, 6.45) is 4.57. The van der Waals surface area contributed by atoms with Gasteiger partial charge in [-0.1, -0.05) is 0 Å². The van der Waals surface area contributed by atoms with E-state index in [1.807, 2.05) is 12.1 Å². The number of rotatable bonds is 4. The highest BCUT2D eigenvalue weighted by Crippen LogP contribution is 2.31. The molecule has 1 atom stereocenters. The van der Waals surface area contributed by atoms with E-state index in [2.05, 4.69) is 55.4 Å². The maximum Gasteiger partial charge on any atom is 0.227 e. The van der Waals surface area contributed by atoms with Crippen molar-refractivity contribution in [3.05, 3.63) is 24.3 Å². The highest BCUT2D eigenvalue weighted by Gasteiger charge is 2.40. The SMILES string of the molecule is CC1(C)CC(NC(=O)C2CC(=O)N(c3ccc(N4CCCC4)cc3)C2)CC(C)(C)N1. The summed E-state index contributed by atoms with van der Waals surface area (Å²) < 4.78 is 0. The minimum Gasteiger partial charge on any atom is -0.372 e. The molecule has 1 aromatic carbocycles. The van der Waals surface area contributed by atoms with Gasteiger partial charge < -0.3 is 20.4 Å². The monoisotopic (exact) mass is 412 g/mol. The van der Waals surface area contributed by atoms with Crippen molar-refractivity contribution in [1.29, 1.82) is 0 Å². The number of nitrogens with zero attached hydrogens (tertiary/aromatic N) is 2. The van der Waals surface area contributed by atoms with E-state index < -0.39 is 0 Å². The Bertz CT molecular complexity index is 780. The van der Waals surface area contributed by atoms with Crippen molar-refractivity contribution in [2.45, 2.75) is 76.9 Å². The Labute approximate surface area is 180 Å². The molecule has 6 nitrogen and oxygen atoms in total. The second-order valence-electron chi connectivity index (χ2n) is 10.6. The number of carbonyl (C=O) groups excluding carboxylic acids is 2. The van der Waals surface area contributed by atoms with E-state index in [-0.39, 0.29) is 41.3 Å². The van der Waals surface area contributed by atoms with Crippen LogP contribution in [-0.2, 0) is 9.59 Å². The molecule has 1 unspecified atom stereocenters. The second-order valence-corrected chi connectivity index (χ2v) is 10.6. The molecule has 0 saturated carbocycles. The van der Waals surface area contributed by atoms with Crippen LogP contribution in [0.15, 0.2) is 24.3 Å². The van der Waals surface area contributed by atoms with Crippen molar-refractivity contribution in [3.8, 4) is 0 Å². The molecule has 30 heavy (non-hydrogen) atoms. The minimum absolute atomic E-state index is 0.0121. The molecule has 3 saturated heterocycles. The van der Waals surface area contributed by atoms with Crippen LogP contribution < -0.4 is 20.4 Å². The Kier molecular flexibility index (Phi) is 5.56. The fourth-order valence-corrected chi connectivity index (χ4v) is 5.69. The lowest BCUT2D eigenvalue weighted by Gasteiger charge is -2.46. The van der Waals surface area contributed by atoms with E-state index in [0.717, 1.165) is 31.6 Å². The number of amides is 2. The summed E-state index contributed by atoms with van der Waals surface area (Å²) in [5.41, 5.74) is 2.07. The Balaban J connectivity index is 1.37. The number of hydrogen-bond acceptors (Lipinski definition) is 4. The van der Waals surface area contributed by atoms with Gasteiger partial charge >= 0.3 is 0 Å². The van der Waals surface area contributed by atoms with Crippen molar-refractivity contribution >= 4 is 23.2 Å². The zero-order valence-electron chi connectivity index (χ0n) is 18.8. The van der Waals surface area contributed by atoms with Crippen molar-refractivity contribution in [2.24, 2.45) is 5.92 Å². The largest absolute Gasteiger partial charge is 0.372 e. The average molecular weight is 413 g/mol. The van der Waals surface area contributed by atoms with Crippen molar-refractivity contribution in [3.63, 3.8) is 0 Å². The van der Waals surface area contributed by atoms with Crippen LogP contribution >= 0.6 is 0 Å². The lowest BCUT2D eigenvalue weighted by Crippen LogP contribution is -2.62. The van der Waals surface area contributed by atoms with Crippen LogP contribution in [0.5, 0.6) is 0 Å². The number of anilines is 2. The van der Waals surface area contributed by atoms with Gasteiger partial charge in [0.15, 0.2) is 0 Å². The molecule has 1 aromatic rings. The molecular weight excluding hydrogens is 376 g/mol. The second kappa shape index (κ2) is 7.88. The predicted octanol–water partition coefficient (Wildman–Crippen LogP) is 3.07. The zero-order valence-corrected chi connectivity index (χ0v) is 18.8. The Morgan fingerprint density at radius 1 is 1.00 bits per heavy atom. The number of carbonyl (C=O) groups is 2. The number of hydrogen-bond donors (Lipinski definition) is 2. The van der Waals surface area contributed by atoms with Crippen LogP contribution in [0.3, 0.4) is 0 Å². The van der Waals surface area contributed by atoms with Gasteiger partial charge in [0.05, 0.1) is 5.92 Å². The first-order valence-corrected chi connectivity index (χ1v) is 11.4. The van der Waals surface area contributed by atoms with Crippen LogP contribution in [0, 0.1) is 5.92 Å². The topological polar surface area (TPSA) is 64.7 Å². The number of nitrogens with one attached hydrogen (secondary N) is 2. The first-order valence-electron chi connectivity index (χ1n) is 11.4. The highest BCUT2D eigenvalue weighted by molar-refractivity contribution is 6.00. The molecule has 2 amide bonds. The first kappa shape index (κ1) is 21.2. The third kappa shape index (κ3) is 4.64. The van der Waals surface area contributed by atoms with Crippen molar-refractivity contribution < 1.29 is 9.59 Å². The average Bonchev–Trinajstić information content (AvgIpc) is 3.29. The Hall–Kier alpha value is -2.08. The molecule has 3 aliphatic rings. The highest BCUT2D eigenvalue weighted by atomic mass is 16.2. The summed E-state index contributed by atoms with van der Waals surface area (Å²) in [4.78, 5) is 29.8. The molecule has 0 radical (unpaired) electrons. The lowest BCUT2D eigenvalue weighted by atomic mass is 9.79. The maximum absolute atomic E-state index is 13.0. The van der Waals surface area contributed by atoms with Gasteiger partial charge in [0.2, 0.25) is 11.8 Å². The van der Waals surface area contributed by atoms with Crippen molar-refractivity contribution in [2.75, 3.05) is 29.4 Å². The van der Waals surface area contributed by atoms with Gasteiger partial charge in [-0.15, -0.1) is 0 Å². The normalized spacial score (nSPS) is 26.3. The van der Waals surface area contributed by atoms with Gasteiger partial charge in [0.1, 0.15) is 0 Å². The predicted molar refractivity (Wildman–Crippen MR) is 121 cm³/mol. The zero-order chi connectivity index (χ0) is 21.5. The maximum atomic E-state index is 13.0. The smallest absolute Gasteiger partial charge is 0.227 e. The summed E-state index contributed by atoms with van der Waals surface area (Å²) in [5.74, 6) is -0.232. The van der Waals surface area contributed by atoms with E-state index in [4.69, 9.17) is 0 Å². The molecule has 0 bridgehead atoms. The van der Waals surface area contributed by atoms with Crippen LogP contribution in [0.2, 0.25) is 0 Å². The molecule has 3 fully saturated rings. The molecule has 4 rings (SSSR count). The minimum atomic E-state index is -0.281. The van der Waals surface area contributed by atoms with Gasteiger partial charge in [0, 0.05) is 54.5 Å². The Morgan fingerprint density at radius 2 is 1.57 bits per heavy atom. The fraction of sp³-hybridized carbons (Fsp3) is 0.667. The summed E-state index contributed by atoms with van der Waals surface area (Å²) in [5, 5.41) is 6.89. The van der Waals surface area contributed by atoms with Crippen LogP contribution in [0.4, 0.5) is 11.4 Å². The lowest BCUT2D eigenvalue weighted by molar-refractivity contribution is -0.127. The van der Waals surface area contributed by atoms with Gasteiger partial charge in [-0.2, -0.15) is 0 Å². The molecule has 0 aliphatic carbocycles. The number of piperidine rings is 1. The van der Waals surface area contributed by atoms with E-state index in [0.29, 0.717) is 6.54 Å². The van der Waals surface area contributed by atoms with Gasteiger partial charge in [-0.3, -0.25) is 9.59 Å². The molecular formula is C24H36N4O2. The molecule has 3 heterocycles. The van der Waals surface area contributed by atoms with E-state index >= 15 is 0 Å². The molecule has 2 N–H and O–H groups in total. The summed E-state index contributed by atoms with van der Waals surface area (Å²) in [6, 6.07) is 8.36. The quantitative estimate of drug-likeness (QED) is 0.798. The fourth-order valence-electron chi connectivity index (χ4n) is 5.69. The third-order valence-corrected chi connectivity index (χ3v) is 6.66. The van der Waals surface area contributed by atoms with E-state index in [9.17, 15) is 9.59 Å². The molecule has 6 heteroatoms. The molecule has 3 aliphatic heterocycles. The standard InChI is InChI=1S/C24H36N4O2/c1-23(2)14-18(15-24(3,4)26-23)25-22(30)17-13-21(29)28(16-17)20-9-7-19(8-10-20)27-11-5-6-12-27/h7-10,17-18,26H,5-6,11-16H2,1-4H3,(H,25,30). The van der Waals surface area contributed by atoms with Crippen LogP contribution in [0.1, 0.15) is 59.8 Å². The summed E-state index contributed by atoms with van der Waals surface area (Å²) in [6.45, 7) is 11.4. The van der Waals surface area contributed by atoms with E-state index in [1.165, 1.54) is 18.5 Å². The Morgan fingerprint density at radius 3 is 2.17 bits per heavy atom. The summed E-state index contributed by atoms with van der Waals surface area (Å²) in [7, 11) is 0. The third-order valence-electron chi connectivity index (χ3n) is 6.66. The molecule has 164 valence electrons. The van der Waals surface area contributed by atoms with E-state index in [1.54, 1.807) is 4.90 Å². The van der Waals surface area contributed by atoms with Gasteiger partial charge in [-0.25, -0.2) is 0 Å². The van der Waals surface area contributed by atoms with Gasteiger partial charge in [-0.05, 0) is 77.6 Å². The van der Waals surface area contributed by atoms with Crippen LogP contribution in [0.25, 0.3) is 0 Å². The first-order chi connectivity index (χ1) is 14.1. The van der Waals surface area contributed by atoms with Gasteiger partial charge in [0.25, 0.3) is 0 Å². The van der Waals surface area contributed by atoms with Crippen molar-refractivity contribution in [1.82, 2.24) is 10.6 Å². The number of benzene rings is 1. The molecule has 0 spiro atoms. The molecule has 0 aromatic heterocycles. The van der Waals surface area contributed by atoms with Crippen LogP contribution in [-0.4, -0.2) is 48.6 Å².